The number of amides is 1. The molecule has 0 saturated heterocycles. The van der Waals surface area contributed by atoms with Crippen LogP contribution >= 0.6 is 0 Å². The third-order valence-corrected chi connectivity index (χ3v) is 1.86. The first kappa shape index (κ1) is 11.6. The Kier molecular flexibility index (Phi) is 3.74. The SMILES string of the molecule is CC(CN)NC(=O)c1cc(F)cc(F)c1. The van der Waals surface area contributed by atoms with Crippen molar-refractivity contribution in [2.75, 3.05) is 6.54 Å². The highest BCUT2D eigenvalue weighted by Gasteiger charge is 2.10. The zero-order valence-electron chi connectivity index (χ0n) is 8.26. The van der Waals surface area contributed by atoms with Crippen molar-refractivity contribution in [2.45, 2.75) is 13.0 Å². The minimum Gasteiger partial charge on any atom is -0.348 e. The molecule has 0 spiro atoms. The number of nitrogens with two attached hydrogens (primary N) is 1. The molecule has 15 heavy (non-hydrogen) atoms. The molecule has 0 aliphatic carbocycles. The van der Waals surface area contributed by atoms with Gasteiger partial charge in [-0.05, 0) is 19.1 Å². The van der Waals surface area contributed by atoms with Gasteiger partial charge in [0.1, 0.15) is 11.6 Å². The fourth-order valence-corrected chi connectivity index (χ4v) is 1.05. The molecule has 5 heteroatoms. The summed E-state index contributed by atoms with van der Waals surface area (Å²) in [6.07, 6.45) is 0. The van der Waals surface area contributed by atoms with E-state index in [1.807, 2.05) is 0 Å². The fourth-order valence-electron chi connectivity index (χ4n) is 1.05. The molecule has 1 rings (SSSR count). The van der Waals surface area contributed by atoms with E-state index in [4.69, 9.17) is 5.73 Å². The maximum Gasteiger partial charge on any atom is 0.251 e. The highest BCUT2D eigenvalue weighted by molar-refractivity contribution is 5.94. The van der Waals surface area contributed by atoms with Crippen LogP contribution in [0.4, 0.5) is 8.78 Å². The second-order valence-corrected chi connectivity index (χ2v) is 3.27. The topological polar surface area (TPSA) is 55.1 Å². The van der Waals surface area contributed by atoms with E-state index < -0.39 is 17.5 Å². The average Bonchev–Trinajstić information content (AvgIpc) is 2.16. The molecule has 0 heterocycles. The lowest BCUT2D eigenvalue weighted by Crippen LogP contribution is -2.37. The summed E-state index contributed by atoms with van der Waals surface area (Å²) in [7, 11) is 0. The van der Waals surface area contributed by atoms with Crippen LogP contribution in [0.25, 0.3) is 0 Å². The van der Waals surface area contributed by atoms with E-state index >= 15 is 0 Å². The van der Waals surface area contributed by atoms with Crippen LogP contribution in [0, 0.1) is 11.6 Å². The van der Waals surface area contributed by atoms with E-state index in [1.165, 1.54) is 0 Å². The van der Waals surface area contributed by atoms with Gasteiger partial charge >= 0.3 is 0 Å². The third kappa shape index (κ3) is 3.28. The number of nitrogens with one attached hydrogen (secondary N) is 1. The number of benzene rings is 1. The molecule has 0 aliphatic heterocycles. The molecule has 0 saturated carbocycles. The van der Waals surface area contributed by atoms with Crippen molar-refractivity contribution >= 4 is 5.91 Å². The van der Waals surface area contributed by atoms with Crippen LogP contribution < -0.4 is 11.1 Å². The molecule has 1 amide bonds. The Labute approximate surface area is 86.3 Å². The Bertz CT molecular complexity index is 348. The van der Waals surface area contributed by atoms with Gasteiger partial charge in [0.25, 0.3) is 5.91 Å². The molecule has 3 N–H and O–H groups in total. The summed E-state index contributed by atoms with van der Waals surface area (Å²) in [5.41, 5.74) is 5.25. The first-order chi connectivity index (χ1) is 7.02. The first-order valence-electron chi connectivity index (χ1n) is 4.50. The molecule has 3 nitrogen and oxygen atoms in total. The average molecular weight is 214 g/mol. The van der Waals surface area contributed by atoms with E-state index in [-0.39, 0.29) is 18.2 Å². The van der Waals surface area contributed by atoms with Crippen LogP contribution in [-0.4, -0.2) is 18.5 Å². The van der Waals surface area contributed by atoms with Crippen molar-refractivity contribution in [1.29, 1.82) is 0 Å². The van der Waals surface area contributed by atoms with Gasteiger partial charge in [0, 0.05) is 24.2 Å². The van der Waals surface area contributed by atoms with Crippen molar-refractivity contribution in [3.8, 4) is 0 Å². The molecular formula is C10H12F2N2O. The number of hydrogen-bond acceptors (Lipinski definition) is 2. The van der Waals surface area contributed by atoms with Gasteiger partial charge in [-0.1, -0.05) is 0 Å². The Morgan fingerprint density at radius 3 is 2.40 bits per heavy atom. The van der Waals surface area contributed by atoms with E-state index in [0.29, 0.717) is 6.07 Å². The lowest BCUT2D eigenvalue weighted by molar-refractivity contribution is 0.0940. The maximum absolute atomic E-state index is 12.8. The zero-order chi connectivity index (χ0) is 11.4. The van der Waals surface area contributed by atoms with Crippen LogP contribution in [-0.2, 0) is 0 Å². The smallest absolute Gasteiger partial charge is 0.251 e. The van der Waals surface area contributed by atoms with Crippen molar-refractivity contribution in [1.82, 2.24) is 5.32 Å². The molecule has 0 aromatic heterocycles. The van der Waals surface area contributed by atoms with E-state index in [9.17, 15) is 13.6 Å². The van der Waals surface area contributed by atoms with Crippen LogP contribution in [0.2, 0.25) is 0 Å². The zero-order valence-corrected chi connectivity index (χ0v) is 8.26. The van der Waals surface area contributed by atoms with Crippen LogP contribution in [0.3, 0.4) is 0 Å². The normalized spacial score (nSPS) is 12.3. The molecule has 1 atom stereocenters. The molecule has 82 valence electrons. The predicted molar refractivity (Wildman–Crippen MR) is 52.3 cm³/mol. The molecule has 1 unspecified atom stereocenters. The minimum atomic E-state index is -0.777. The summed E-state index contributed by atoms with van der Waals surface area (Å²) >= 11 is 0. The summed E-state index contributed by atoms with van der Waals surface area (Å²) in [4.78, 5) is 11.4. The molecule has 0 radical (unpaired) electrons. The predicted octanol–water partition coefficient (Wildman–Crippen LogP) is 1.04. The van der Waals surface area contributed by atoms with Gasteiger partial charge in [-0.25, -0.2) is 8.78 Å². The summed E-state index contributed by atoms with van der Waals surface area (Å²) in [5.74, 6) is -2.09. The van der Waals surface area contributed by atoms with Crippen molar-refractivity contribution in [3.63, 3.8) is 0 Å². The Hall–Kier alpha value is -1.49. The molecule has 1 aromatic carbocycles. The van der Waals surface area contributed by atoms with Crippen LogP contribution in [0.15, 0.2) is 18.2 Å². The molecule has 1 aromatic rings. The standard InChI is InChI=1S/C10H12F2N2O/c1-6(5-13)14-10(15)7-2-8(11)4-9(12)3-7/h2-4,6H,5,13H2,1H3,(H,14,15). The largest absolute Gasteiger partial charge is 0.348 e. The molecule has 0 bridgehead atoms. The quantitative estimate of drug-likeness (QED) is 0.790. The number of halogens is 2. The highest BCUT2D eigenvalue weighted by Crippen LogP contribution is 2.07. The summed E-state index contributed by atoms with van der Waals surface area (Å²) in [6, 6.07) is 2.43. The van der Waals surface area contributed by atoms with Gasteiger partial charge in [0.05, 0.1) is 0 Å². The van der Waals surface area contributed by atoms with Crippen molar-refractivity contribution in [2.24, 2.45) is 5.73 Å². The molecule has 0 aliphatic rings. The van der Waals surface area contributed by atoms with E-state index in [0.717, 1.165) is 12.1 Å². The molecule has 0 fully saturated rings. The Morgan fingerprint density at radius 1 is 1.40 bits per heavy atom. The van der Waals surface area contributed by atoms with E-state index in [2.05, 4.69) is 5.32 Å². The second kappa shape index (κ2) is 4.84. The van der Waals surface area contributed by atoms with E-state index in [1.54, 1.807) is 6.92 Å². The van der Waals surface area contributed by atoms with Gasteiger partial charge in [-0.15, -0.1) is 0 Å². The van der Waals surface area contributed by atoms with Gasteiger partial charge < -0.3 is 11.1 Å². The number of carbonyl (C=O) groups is 1. The van der Waals surface area contributed by atoms with Crippen LogP contribution in [0.5, 0.6) is 0 Å². The monoisotopic (exact) mass is 214 g/mol. The lowest BCUT2D eigenvalue weighted by atomic mass is 10.2. The summed E-state index contributed by atoms with van der Waals surface area (Å²) < 4.78 is 25.5. The maximum atomic E-state index is 12.8. The first-order valence-corrected chi connectivity index (χ1v) is 4.50. The second-order valence-electron chi connectivity index (χ2n) is 3.27. The van der Waals surface area contributed by atoms with Crippen LogP contribution in [0.1, 0.15) is 17.3 Å². The number of carbonyl (C=O) groups excluding carboxylic acids is 1. The Morgan fingerprint density at radius 2 is 1.93 bits per heavy atom. The minimum absolute atomic E-state index is 0.0483. The summed E-state index contributed by atoms with van der Waals surface area (Å²) in [5, 5.41) is 2.50. The van der Waals surface area contributed by atoms with Gasteiger partial charge in [-0.3, -0.25) is 4.79 Å². The lowest BCUT2D eigenvalue weighted by Gasteiger charge is -2.11. The Balaban J connectivity index is 2.82. The summed E-state index contributed by atoms with van der Waals surface area (Å²) in [6.45, 7) is 1.97. The van der Waals surface area contributed by atoms with Crippen molar-refractivity contribution in [3.05, 3.63) is 35.4 Å². The van der Waals surface area contributed by atoms with Gasteiger partial charge in [-0.2, -0.15) is 0 Å². The van der Waals surface area contributed by atoms with Crippen molar-refractivity contribution < 1.29 is 13.6 Å². The third-order valence-electron chi connectivity index (χ3n) is 1.86. The molecular weight excluding hydrogens is 202 g/mol. The highest BCUT2D eigenvalue weighted by atomic mass is 19.1. The number of rotatable bonds is 3. The van der Waals surface area contributed by atoms with Gasteiger partial charge in [0.2, 0.25) is 0 Å². The van der Waals surface area contributed by atoms with Gasteiger partial charge in [0.15, 0.2) is 0 Å². The fraction of sp³-hybridized carbons (Fsp3) is 0.300. The number of hydrogen-bond donors (Lipinski definition) is 2.